The van der Waals surface area contributed by atoms with Gasteiger partial charge in [0.2, 0.25) is 0 Å². The Bertz CT molecular complexity index is 191. The maximum atomic E-state index is 8.71. The van der Waals surface area contributed by atoms with E-state index in [4.69, 9.17) is 5.26 Å². The van der Waals surface area contributed by atoms with E-state index in [9.17, 15) is 0 Å². The van der Waals surface area contributed by atoms with Crippen molar-refractivity contribution in [3.8, 4) is 6.07 Å². The zero-order chi connectivity index (χ0) is 10.4. The summed E-state index contributed by atoms with van der Waals surface area (Å²) >= 11 is 0. The second-order valence-electron chi connectivity index (χ2n) is 4.19. The zero-order valence-corrected chi connectivity index (χ0v) is 9.37. The Morgan fingerprint density at radius 1 is 1.43 bits per heavy atom. The summed E-state index contributed by atoms with van der Waals surface area (Å²) in [5.41, 5.74) is 0. The smallest absolute Gasteiger partial charge is 0.0946 e. The molecule has 1 saturated heterocycles. The van der Waals surface area contributed by atoms with E-state index in [1.165, 1.54) is 38.9 Å². The molecule has 0 radical (unpaired) electrons. The third-order valence-electron chi connectivity index (χ3n) is 3.03. The molecule has 1 rings (SSSR count). The molecule has 0 N–H and O–H groups in total. The highest BCUT2D eigenvalue weighted by molar-refractivity contribution is 4.86. The summed E-state index contributed by atoms with van der Waals surface area (Å²) in [6.45, 7) is 6.73. The molecule has 3 nitrogen and oxygen atoms in total. The molecule has 1 aliphatic heterocycles. The summed E-state index contributed by atoms with van der Waals surface area (Å²) < 4.78 is 0. The molecule has 1 heterocycles. The first-order chi connectivity index (χ1) is 6.74. The van der Waals surface area contributed by atoms with E-state index in [0.29, 0.717) is 0 Å². The Morgan fingerprint density at radius 2 is 2.07 bits per heavy atom. The molecule has 0 bridgehead atoms. The molecule has 1 fully saturated rings. The molecule has 1 aliphatic rings. The fourth-order valence-corrected chi connectivity index (χ4v) is 1.84. The first kappa shape index (κ1) is 11.5. The lowest BCUT2D eigenvalue weighted by molar-refractivity contribution is 0.262. The van der Waals surface area contributed by atoms with Gasteiger partial charge in [-0.05, 0) is 52.9 Å². The molecule has 14 heavy (non-hydrogen) atoms. The SMILES string of the molecule is CC(C#N)N(C)CCCN1CCCC1. The third kappa shape index (κ3) is 3.65. The van der Waals surface area contributed by atoms with Crippen LogP contribution in [-0.4, -0.2) is 49.1 Å². The lowest BCUT2D eigenvalue weighted by Gasteiger charge is -2.21. The zero-order valence-electron chi connectivity index (χ0n) is 9.37. The van der Waals surface area contributed by atoms with Gasteiger partial charge in [-0.1, -0.05) is 0 Å². The highest BCUT2D eigenvalue weighted by Gasteiger charge is 2.12. The summed E-state index contributed by atoms with van der Waals surface area (Å²) in [4.78, 5) is 4.64. The minimum atomic E-state index is 0.0496. The standard InChI is InChI=1S/C11H21N3/c1-11(10-12)13(2)6-5-9-14-7-3-4-8-14/h11H,3-9H2,1-2H3. The Hall–Kier alpha value is -0.590. The quantitative estimate of drug-likeness (QED) is 0.662. The van der Waals surface area contributed by atoms with Crippen LogP contribution in [0.4, 0.5) is 0 Å². The van der Waals surface area contributed by atoms with Gasteiger partial charge in [0.15, 0.2) is 0 Å². The lowest BCUT2D eigenvalue weighted by Crippen LogP contribution is -2.31. The molecule has 3 heteroatoms. The Kier molecular flexibility index (Phi) is 4.92. The Morgan fingerprint density at radius 3 is 2.64 bits per heavy atom. The van der Waals surface area contributed by atoms with Crippen LogP contribution >= 0.6 is 0 Å². The van der Waals surface area contributed by atoms with Crippen molar-refractivity contribution in [2.75, 3.05) is 33.2 Å². The molecule has 1 unspecified atom stereocenters. The number of nitriles is 1. The molecule has 0 aliphatic carbocycles. The van der Waals surface area contributed by atoms with E-state index >= 15 is 0 Å². The van der Waals surface area contributed by atoms with Crippen molar-refractivity contribution in [1.29, 1.82) is 5.26 Å². The van der Waals surface area contributed by atoms with Gasteiger partial charge in [-0.2, -0.15) is 5.26 Å². The highest BCUT2D eigenvalue weighted by atomic mass is 15.2. The molecule has 0 aromatic heterocycles. The van der Waals surface area contributed by atoms with Crippen molar-refractivity contribution < 1.29 is 0 Å². The summed E-state index contributed by atoms with van der Waals surface area (Å²) in [5, 5.41) is 8.71. The maximum Gasteiger partial charge on any atom is 0.0946 e. The van der Waals surface area contributed by atoms with Gasteiger partial charge in [0.1, 0.15) is 0 Å². The molecule has 0 spiro atoms. The molecule has 0 saturated carbocycles. The van der Waals surface area contributed by atoms with Crippen LogP contribution in [0.25, 0.3) is 0 Å². The molecular weight excluding hydrogens is 174 g/mol. The average Bonchev–Trinajstić information content (AvgIpc) is 2.69. The van der Waals surface area contributed by atoms with Crippen LogP contribution in [-0.2, 0) is 0 Å². The lowest BCUT2D eigenvalue weighted by atomic mass is 10.3. The van der Waals surface area contributed by atoms with Crippen molar-refractivity contribution in [3.05, 3.63) is 0 Å². The van der Waals surface area contributed by atoms with Gasteiger partial charge in [0.05, 0.1) is 12.1 Å². The van der Waals surface area contributed by atoms with Gasteiger partial charge < -0.3 is 4.90 Å². The van der Waals surface area contributed by atoms with E-state index < -0.39 is 0 Å². The second kappa shape index (κ2) is 6.00. The maximum absolute atomic E-state index is 8.71. The van der Waals surface area contributed by atoms with E-state index in [-0.39, 0.29) is 6.04 Å². The molecule has 0 amide bonds. The predicted octanol–water partition coefficient (Wildman–Crippen LogP) is 1.32. The van der Waals surface area contributed by atoms with E-state index in [1.807, 2.05) is 14.0 Å². The van der Waals surface area contributed by atoms with Gasteiger partial charge in [-0.3, -0.25) is 4.90 Å². The number of hydrogen-bond donors (Lipinski definition) is 0. The van der Waals surface area contributed by atoms with Crippen molar-refractivity contribution >= 4 is 0 Å². The van der Waals surface area contributed by atoms with Crippen molar-refractivity contribution in [3.63, 3.8) is 0 Å². The number of likely N-dealkylation sites (tertiary alicyclic amines) is 1. The monoisotopic (exact) mass is 195 g/mol. The summed E-state index contributed by atoms with van der Waals surface area (Å²) in [5.74, 6) is 0. The van der Waals surface area contributed by atoms with E-state index in [2.05, 4.69) is 15.9 Å². The number of rotatable bonds is 5. The topological polar surface area (TPSA) is 30.3 Å². The van der Waals surface area contributed by atoms with Crippen molar-refractivity contribution in [1.82, 2.24) is 9.80 Å². The minimum absolute atomic E-state index is 0.0496. The van der Waals surface area contributed by atoms with Crippen LogP contribution in [0.2, 0.25) is 0 Å². The first-order valence-electron chi connectivity index (χ1n) is 5.56. The highest BCUT2D eigenvalue weighted by Crippen LogP contribution is 2.07. The van der Waals surface area contributed by atoms with Gasteiger partial charge in [-0.15, -0.1) is 0 Å². The predicted molar refractivity (Wildman–Crippen MR) is 58.0 cm³/mol. The van der Waals surface area contributed by atoms with Crippen LogP contribution < -0.4 is 0 Å². The van der Waals surface area contributed by atoms with Crippen LogP contribution in [0.3, 0.4) is 0 Å². The number of nitrogens with zero attached hydrogens (tertiary/aromatic N) is 3. The number of hydrogen-bond acceptors (Lipinski definition) is 3. The molecule has 1 atom stereocenters. The average molecular weight is 195 g/mol. The fraction of sp³-hybridized carbons (Fsp3) is 0.909. The molecule has 0 aromatic rings. The molecule has 80 valence electrons. The molecule has 0 aromatic carbocycles. The Labute approximate surface area is 87.3 Å². The van der Waals surface area contributed by atoms with Crippen LogP contribution in [0.1, 0.15) is 26.2 Å². The summed E-state index contributed by atoms with van der Waals surface area (Å²) in [7, 11) is 2.03. The molecular formula is C11H21N3. The Balaban J connectivity index is 2.05. The van der Waals surface area contributed by atoms with Gasteiger partial charge in [0.25, 0.3) is 0 Å². The van der Waals surface area contributed by atoms with Crippen molar-refractivity contribution in [2.45, 2.75) is 32.2 Å². The van der Waals surface area contributed by atoms with E-state index in [1.54, 1.807) is 0 Å². The fourth-order valence-electron chi connectivity index (χ4n) is 1.84. The van der Waals surface area contributed by atoms with Crippen LogP contribution in [0.15, 0.2) is 0 Å². The van der Waals surface area contributed by atoms with Gasteiger partial charge >= 0.3 is 0 Å². The largest absolute Gasteiger partial charge is 0.303 e. The first-order valence-corrected chi connectivity index (χ1v) is 5.56. The summed E-state index contributed by atoms with van der Waals surface area (Å²) in [6, 6.07) is 2.31. The van der Waals surface area contributed by atoms with Gasteiger partial charge in [-0.25, -0.2) is 0 Å². The minimum Gasteiger partial charge on any atom is -0.303 e. The van der Waals surface area contributed by atoms with Gasteiger partial charge in [0, 0.05) is 6.54 Å². The van der Waals surface area contributed by atoms with Crippen LogP contribution in [0, 0.1) is 11.3 Å². The summed E-state index contributed by atoms with van der Waals surface area (Å²) in [6.07, 6.45) is 3.91. The van der Waals surface area contributed by atoms with E-state index in [0.717, 1.165) is 6.54 Å². The second-order valence-corrected chi connectivity index (χ2v) is 4.19. The van der Waals surface area contributed by atoms with Crippen molar-refractivity contribution in [2.24, 2.45) is 0 Å². The third-order valence-corrected chi connectivity index (χ3v) is 3.03. The van der Waals surface area contributed by atoms with Crippen LogP contribution in [0.5, 0.6) is 0 Å². The normalized spacial score (nSPS) is 19.9.